The van der Waals surface area contributed by atoms with E-state index in [1.54, 1.807) is 78.2 Å². The quantitative estimate of drug-likeness (QED) is 0.0315. The Bertz CT molecular complexity index is 2390. The highest BCUT2D eigenvalue weighted by Gasteiger charge is 2.95. The number of halogens is 17. The first-order valence-electron chi connectivity index (χ1n) is 38.7. The Kier molecular flexibility index (Phi) is 63.4. The van der Waals surface area contributed by atoms with Gasteiger partial charge in [-0.15, -0.1) is 0 Å². The fourth-order valence-electron chi connectivity index (χ4n) is 11.5. The Balaban J connectivity index is -0.000000662. The third-order valence-corrected chi connectivity index (χ3v) is 37.8. The lowest BCUT2D eigenvalue weighted by molar-refractivity contribution is -0.461. The Hall–Kier alpha value is -1.59. The van der Waals surface area contributed by atoms with Crippen LogP contribution in [-0.2, 0) is 66.4 Å². The molecule has 1 fully saturated rings. The molecule has 0 spiro atoms. The van der Waals surface area contributed by atoms with Crippen molar-refractivity contribution in [2.75, 3.05) is 145 Å². The van der Waals surface area contributed by atoms with Gasteiger partial charge in [-0.3, -0.25) is 0 Å². The van der Waals surface area contributed by atoms with Crippen molar-refractivity contribution in [1.29, 1.82) is 0 Å². The highest BCUT2D eigenvalue weighted by Crippen LogP contribution is 2.64. The van der Waals surface area contributed by atoms with E-state index >= 15 is 0 Å². The normalized spacial score (nSPS) is 15.2. The second-order valence-electron chi connectivity index (χ2n) is 27.3. The summed E-state index contributed by atoms with van der Waals surface area (Å²) in [6.45, 7) is 13.8. The number of hydrogen-bond acceptors (Lipinski definition) is 19. The summed E-state index contributed by atoms with van der Waals surface area (Å²) in [6, 6.07) is 13.4. The molecule has 0 saturated carbocycles. The van der Waals surface area contributed by atoms with E-state index in [9.17, 15) is 74.6 Å². The van der Waals surface area contributed by atoms with Crippen molar-refractivity contribution in [2.24, 2.45) is 11.5 Å². The topological polar surface area (TPSA) is 206 Å². The van der Waals surface area contributed by atoms with Gasteiger partial charge in [-0.25, -0.2) is 0 Å². The van der Waals surface area contributed by atoms with Crippen LogP contribution in [0.1, 0.15) is 187 Å². The monoisotopic (exact) mass is 1780 g/mol. The van der Waals surface area contributed by atoms with Gasteiger partial charge in [-0.2, -0.15) is 74.6 Å². The van der Waals surface area contributed by atoms with Gasteiger partial charge in [-0.1, -0.05) is 160 Å². The van der Waals surface area contributed by atoms with E-state index in [1.807, 2.05) is 37.4 Å². The van der Waals surface area contributed by atoms with Gasteiger partial charge in [0.15, 0.2) is 0 Å². The number of nitrogens with two attached hydrogens (primary N) is 2. The van der Waals surface area contributed by atoms with Crippen molar-refractivity contribution in [3.63, 3.8) is 0 Å². The molecule has 1 atom stereocenters. The second kappa shape index (κ2) is 60.8. The maximum absolute atomic E-state index is 13.8. The van der Waals surface area contributed by atoms with Crippen LogP contribution in [0, 0.1) is 0 Å². The predicted molar refractivity (Wildman–Crippen MR) is 422 cm³/mol. The average molecular weight is 1780 g/mol. The van der Waals surface area contributed by atoms with Crippen LogP contribution in [0.4, 0.5) is 80.3 Å². The van der Waals surface area contributed by atoms with Crippen LogP contribution in [0.25, 0.3) is 0 Å². The first-order valence-corrected chi connectivity index (χ1v) is 51.5. The maximum Gasteiger partial charge on any atom is 0.501 e. The lowest BCUT2D eigenvalue weighted by Crippen LogP contribution is -2.74. The van der Waals surface area contributed by atoms with E-state index < -0.39 is 112 Å². The number of benzene rings is 1. The predicted octanol–water partition coefficient (Wildman–Crippen LogP) is 20.4. The number of alkyl halides is 17. The van der Waals surface area contributed by atoms with Crippen LogP contribution in [0.2, 0.25) is 49.4 Å². The SMILES string of the molecule is CCCCCCCCCCCCCCCCCC[Si](OC)(OC)OC.CCCCN1CCC[Si]1(C)OC.CO[Si](C)(CCCCCN)OC.CO[Si](CCC(F)(F)C(F)(F)C(F)(F)C(F)(F)C(F)(F)C(F)(F)C(F)(F)C(F)(F)F)(OC)OC.CO[Si](CCCCCCN)(OC)OC.CO[Si](CCNc1ccccc1)(OC)OC. The molecule has 680 valence electrons. The minimum Gasteiger partial charge on any atom is -0.406 e. The summed E-state index contributed by atoms with van der Waals surface area (Å²) < 4.78 is 304. The average Bonchev–Trinajstić information content (AvgIpc) is 0.833. The number of unbranched alkanes of at least 4 members (excludes halogenated alkanes) is 21. The van der Waals surface area contributed by atoms with Crippen molar-refractivity contribution in [2.45, 2.75) is 284 Å². The summed E-state index contributed by atoms with van der Waals surface area (Å²) in [5.74, 6) is -56.5. The van der Waals surface area contributed by atoms with E-state index in [1.165, 1.54) is 160 Å². The Morgan fingerprint density at radius 1 is 0.372 bits per heavy atom. The van der Waals surface area contributed by atoms with Gasteiger partial charge in [0.1, 0.15) is 0 Å². The van der Waals surface area contributed by atoms with Gasteiger partial charge in [0.05, 0.1) is 0 Å². The summed E-state index contributed by atoms with van der Waals surface area (Å²) in [6.07, 6.45) is 23.8. The fourth-order valence-corrected chi connectivity index (χ4v) is 22.7. The molecule has 1 saturated heterocycles. The first kappa shape index (κ1) is 118. The fraction of sp³-hybridized carbons (Fsp3) is 0.915. The van der Waals surface area contributed by atoms with E-state index in [0.29, 0.717) is 21.3 Å². The molecule has 1 aliphatic heterocycles. The Labute approximate surface area is 671 Å². The van der Waals surface area contributed by atoms with E-state index in [4.69, 9.17) is 64.6 Å². The van der Waals surface area contributed by atoms with Gasteiger partial charge in [0.2, 0.25) is 0 Å². The van der Waals surface area contributed by atoms with Crippen LogP contribution in [0.5, 0.6) is 0 Å². The molecule has 5 N–H and O–H groups in total. The molecular weight excluding hydrogens is 1640 g/mol. The molecule has 113 heavy (non-hydrogen) atoms. The molecule has 0 aromatic heterocycles. The summed E-state index contributed by atoms with van der Waals surface area (Å²) >= 11 is 0. The highest BCUT2D eigenvalue weighted by atomic mass is 28.4. The molecule has 0 amide bonds. The molecule has 1 heterocycles. The number of para-hydroxylation sites is 1. The number of anilines is 1. The number of rotatable bonds is 59. The molecule has 19 nitrogen and oxygen atoms in total. The lowest BCUT2D eigenvalue weighted by atomic mass is 9.88. The first-order chi connectivity index (χ1) is 52.8. The van der Waals surface area contributed by atoms with Crippen molar-refractivity contribution in [1.82, 2.24) is 4.57 Å². The van der Waals surface area contributed by atoms with Crippen LogP contribution in [-0.4, -0.2) is 244 Å². The molecule has 0 bridgehead atoms. The molecule has 0 radical (unpaired) electrons. The minimum absolute atomic E-state index is 0.668. The molecule has 1 aromatic rings. The van der Waals surface area contributed by atoms with Crippen molar-refractivity contribution in [3.8, 4) is 0 Å². The molecule has 1 aromatic carbocycles. The summed E-state index contributed by atoms with van der Waals surface area (Å²) in [7, 11) is 7.69. The largest absolute Gasteiger partial charge is 0.501 e. The zero-order valence-electron chi connectivity index (χ0n) is 70.9. The minimum atomic E-state index is -8.65. The van der Waals surface area contributed by atoms with Crippen LogP contribution >= 0.6 is 0 Å². The Morgan fingerprint density at radius 3 is 1.00 bits per heavy atom. The summed E-state index contributed by atoms with van der Waals surface area (Å²) in [5.41, 5.74) is 11.9. The highest BCUT2D eigenvalue weighted by molar-refractivity contribution is 6.70. The van der Waals surface area contributed by atoms with Crippen molar-refractivity contribution < 1.29 is 141 Å². The molecule has 42 heteroatoms. The third kappa shape index (κ3) is 40.3. The summed E-state index contributed by atoms with van der Waals surface area (Å²) in [5, 5.41) is 3.30. The van der Waals surface area contributed by atoms with Gasteiger partial charge >= 0.3 is 91.4 Å². The molecule has 0 aliphatic carbocycles. The number of hydrogen-bond donors (Lipinski definition) is 3. The van der Waals surface area contributed by atoms with E-state index in [2.05, 4.69) is 50.1 Å². The van der Waals surface area contributed by atoms with Crippen LogP contribution in [0.3, 0.4) is 0 Å². The van der Waals surface area contributed by atoms with E-state index in [0.717, 1.165) is 75.2 Å². The number of nitrogens with one attached hydrogen (secondary N) is 1. The lowest BCUT2D eigenvalue weighted by Gasteiger charge is -2.43. The molecular formula is C71H143F17N4O15Si6. The second-order valence-corrected chi connectivity index (χ2v) is 47.2. The van der Waals surface area contributed by atoms with Gasteiger partial charge in [0.25, 0.3) is 8.48 Å². The van der Waals surface area contributed by atoms with Crippen molar-refractivity contribution >= 4 is 57.9 Å². The third-order valence-electron chi connectivity index (χ3n) is 19.7. The van der Waals surface area contributed by atoms with E-state index in [-0.39, 0.29) is 0 Å². The molecule has 1 aliphatic rings. The summed E-state index contributed by atoms with van der Waals surface area (Å²) in [4.78, 5) is 0. The smallest absolute Gasteiger partial charge is 0.406 e. The van der Waals surface area contributed by atoms with Gasteiger partial charge < -0.3 is 87.7 Å². The maximum atomic E-state index is 13.8. The van der Waals surface area contributed by atoms with Gasteiger partial charge in [0, 0.05) is 149 Å². The zero-order chi connectivity index (χ0) is 87.9. The molecule has 1 unspecified atom stereocenters. The van der Waals surface area contributed by atoms with Crippen LogP contribution in [0.15, 0.2) is 30.3 Å². The Morgan fingerprint density at radius 2 is 0.673 bits per heavy atom. The standard InChI is InChI=1S/C21H46O3Si.C13H13F17O3Si.C11H19NO3Si.C9H23NO3Si.C9H21NOSi.C8H21NO2Si/c1-5-6-7-8-9-10-11-12-13-14-15-16-17-18-19-20-21-25(22-2,23-3)24-4;1-31-34(32-2,33-3)5-4-6(14,15)7(16,17)8(18,19)9(20,21)10(22,23)11(24,25)12(26,27)13(28,29)30;1-13-16(14-2,15-3)10-9-12-11-7-5-4-6-8-11;1-11-14(12-2,13-3)9-7-5-4-6-8-10;1-4-5-7-10-8-6-9-12(10,3)11-2;1-10-12(3,11-2)8-6-4-5-7-9/h5-21H2,1-4H3;4-5H2,1-3H3;4-8,12H,9-10H2,1-3H3;4-10H2,1-3H3;2*4-9H2,1-3H3. The number of nitrogens with zero attached hydrogens (tertiary/aromatic N) is 1. The van der Waals surface area contributed by atoms with Crippen molar-refractivity contribution in [3.05, 3.63) is 30.3 Å². The van der Waals surface area contributed by atoms with Crippen LogP contribution < -0.4 is 16.8 Å². The zero-order valence-corrected chi connectivity index (χ0v) is 76.9. The van der Waals surface area contributed by atoms with Gasteiger partial charge in [-0.05, 0) is 102 Å². The molecule has 2 rings (SSSR count).